The minimum absolute atomic E-state index is 0.296. The Labute approximate surface area is 122 Å². The van der Waals surface area contributed by atoms with Crippen LogP contribution in [0, 0.1) is 0 Å². The predicted octanol–water partition coefficient (Wildman–Crippen LogP) is 2.92. The first-order valence-electron chi connectivity index (χ1n) is 7.54. The predicted molar refractivity (Wildman–Crippen MR) is 81.7 cm³/mol. The second-order valence-corrected chi connectivity index (χ2v) is 5.09. The van der Waals surface area contributed by atoms with Crippen molar-refractivity contribution in [3.05, 3.63) is 48.0 Å². The molecule has 1 N–H and O–H groups in total. The van der Waals surface area contributed by atoms with Crippen LogP contribution < -0.4 is 5.32 Å². The summed E-state index contributed by atoms with van der Waals surface area (Å²) in [6.45, 7) is 4.28. The van der Waals surface area contributed by atoms with Crippen LogP contribution in [0.2, 0.25) is 0 Å². The van der Waals surface area contributed by atoms with E-state index in [9.17, 15) is 0 Å². The van der Waals surface area contributed by atoms with E-state index < -0.39 is 0 Å². The van der Waals surface area contributed by atoms with Crippen LogP contribution in [0.3, 0.4) is 0 Å². The number of hydrogen-bond donors (Lipinski definition) is 1. The molecule has 1 aromatic carbocycles. The normalized spacial score (nSPS) is 19.5. The largest absolute Gasteiger partial charge is 0.379 e. The summed E-state index contributed by atoms with van der Waals surface area (Å²) in [7, 11) is 0. The highest BCUT2D eigenvalue weighted by Crippen LogP contribution is 2.09. The number of rotatable bonds is 8. The molecule has 1 saturated heterocycles. The van der Waals surface area contributed by atoms with Gasteiger partial charge < -0.3 is 14.8 Å². The molecule has 1 fully saturated rings. The van der Waals surface area contributed by atoms with E-state index in [0.29, 0.717) is 12.7 Å². The molecule has 1 atom stereocenters. The molecule has 1 aliphatic heterocycles. The zero-order valence-electron chi connectivity index (χ0n) is 12.1. The summed E-state index contributed by atoms with van der Waals surface area (Å²) in [5.74, 6) is 0. The first-order chi connectivity index (χ1) is 9.95. The molecular weight excluding hydrogens is 250 g/mol. The van der Waals surface area contributed by atoms with Gasteiger partial charge in [-0.25, -0.2) is 0 Å². The molecule has 1 aliphatic rings. The van der Waals surface area contributed by atoms with Crippen LogP contribution in [-0.2, 0) is 16.0 Å². The molecule has 3 heteroatoms. The van der Waals surface area contributed by atoms with Crippen molar-refractivity contribution >= 4 is 0 Å². The maximum atomic E-state index is 5.73. The van der Waals surface area contributed by atoms with Crippen LogP contribution in [0.15, 0.2) is 42.5 Å². The first-order valence-corrected chi connectivity index (χ1v) is 7.54. The fourth-order valence-corrected chi connectivity index (χ4v) is 2.23. The molecule has 20 heavy (non-hydrogen) atoms. The molecule has 0 amide bonds. The molecular formula is C17H25NO2. The van der Waals surface area contributed by atoms with Crippen molar-refractivity contribution in [1.82, 2.24) is 5.32 Å². The van der Waals surface area contributed by atoms with Crippen LogP contribution in [0.5, 0.6) is 0 Å². The summed E-state index contributed by atoms with van der Waals surface area (Å²) in [6.07, 6.45) is 7.88. The molecule has 1 unspecified atom stereocenters. The molecule has 1 heterocycles. The lowest BCUT2D eigenvalue weighted by atomic mass is 10.2. The van der Waals surface area contributed by atoms with Gasteiger partial charge in [-0.05, 0) is 31.4 Å². The Hall–Kier alpha value is -1.16. The minimum atomic E-state index is 0.296. The second kappa shape index (κ2) is 9.70. The maximum absolute atomic E-state index is 5.73. The third-order valence-electron chi connectivity index (χ3n) is 3.37. The second-order valence-electron chi connectivity index (χ2n) is 5.09. The van der Waals surface area contributed by atoms with Gasteiger partial charge in [-0.2, -0.15) is 0 Å². The van der Waals surface area contributed by atoms with Crippen LogP contribution >= 0.6 is 0 Å². The molecule has 2 rings (SSSR count). The number of nitrogens with one attached hydrogen (secondary N) is 1. The molecule has 110 valence electrons. The topological polar surface area (TPSA) is 30.5 Å². The molecule has 0 bridgehead atoms. The van der Waals surface area contributed by atoms with Crippen molar-refractivity contribution in [1.29, 1.82) is 0 Å². The van der Waals surface area contributed by atoms with Crippen LogP contribution in [0.25, 0.3) is 0 Å². The number of benzene rings is 1. The summed E-state index contributed by atoms with van der Waals surface area (Å²) >= 11 is 0. The van der Waals surface area contributed by atoms with Gasteiger partial charge >= 0.3 is 0 Å². The molecule has 0 saturated carbocycles. The van der Waals surface area contributed by atoms with Gasteiger partial charge in [0.1, 0.15) is 0 Å². The van der Waals surface area contributed by atoms with Crippen molar-refractivity contribution in [3.8, 4) is 0 Å². The Bertz CT molecular complexity index is 372. The van der Waals surface area contributed by atoms with Crippen molar-refractivity contribution < 1.29 is 9.47 Å². The van der Waals surface area contributed by atoms with Crippen molar-refractivity contribution in [3.63, 3.8) is 0 Å². The monoisotopic (exact) mass is 275 g/mol. The number of ether oxygens (including phenoxy) is 2. The van der Waals surface area contributed by atoms with Gasteiger partial charge in [-0.3, -0.25) is 0 Å². The molecule has 1 aromatic rings. The van der Waals surface area contributed by atoms with Crippen molar-refractivity contribution in [2.75, 3.05) is 26.4 Å². The Morgan fingerprint density at radius 2 is 2.15 bits per heavy atom. The lowest BCUT2D eigenvalue weighted by molar-refractivity contribution is -0.0409. The third-order valence-corrected chi connectivity index (χ3v) is 3.37. The van der Waals surface area contributed by atoms with Crippen LogP contribution in [-0.4, -0.2) is 32.5 Å². The van der Waals surface area contributed by atoms with E-state index in [1.54, 1.807) is 0 Å². The van der Waals surface area contributed by atoms with E-state index in [1.807, 2.05) is 6.07 Å². The summed E-state index contributed by atoms with van der Waals surface area (Å²) in [6, 6.07) is 10.5. The Morgan fingerprint density at radius 3 is 2.95 bits per heavy atom. The fraction of sp³-hybridized carbons (Fsp3) is 0.529. The first kappa shape index (κ1) is 15.2. The maximum Gasteiger partial charge on any atom is 0.0813 e. The summed E-state index contributed by atoms with van der Waals surface area (Å²) in [4.78, 5) is 0. The van der Waals surface area contributed by atoms with Gasteiger partial charge in [-0.15, -0.1) is 0 Å². The quantitative estimate of drug-likeness (QED) is 0.584. The third kappa shape index (κ3) is 6.33. The molecule has 0 spiro atoms. The zero-order valence-corrected chi connectivity index (χ0v) is 12.1. The van der Waals surface area contributed by atoms with E-state index >= 15 is 0 Å². The molecule has 0 radical (unpaired) electrons. The van der Waals surface area contributed by atoms with Crippen LogP contribution in [0.1, 0.15) is 24.8 Å². The summed E-state index contributed by atoms with van der Waals surface area (Å²) in [5, 5.41) is 3.43. The standard InChI is InChI=1S/C17H25NO2/c1-3-8-16(9-4-1)14-18-11-5-2-6-13-20-17-10-7-12-19-15-17/h1-4,6,8-9,17-18H,5,7,10-15H2. The zero-order chi connectivity index (χ0) is 13.9. The average Bonchev–Trinajstić information content (AvgIpc) is 2.52. The minimum Gasteiger partial charge on any atom is -0.379 e. The molecule has 0 aromatic heterocycles. The van der Waals surface area contributed by atoms with Gasteiger partial charge in [0.05, 0.1) is 19.3 Å². The van der Waals surface area contributed by atoms with Crippen molar-refractivity contribution in [2.24, 2.45) is 0 Å². The van der Waals surface area contributed by atoms with Crippen molar-refractivity contribution in [2.45, 2.75) is 31.9 Å². The number of hydrogen-bond acceptors (Lipinski definition) is 3. The van der Waals surface area contributed by atoms with E-state index in [2.05, 4.69) is 41.7 Å². The smallest absolute Gasteiger partial charge is 0.0813 e. The van der Waals surface area contributed by atoms with E-state index in [1.165, 1.54) is 5.56 Å². The Morgan fingerprint density at radius 1 is 1.25 bits per heavy atom. The highest BCUT2D eigenvalue weighted by atomic mass is 16.5. The van der Waals surface area contributed by atoms with Gasteiger partial charge in [-0.1, -0.05) is 42.5 Å². The highest BCUT2D eigenvalue weighted by Gasteiger charge is 2.12. The fourth-order valence-electron chi connectivity index (χ4n) is 2.23. The highest BCUT2D eigenvalue weighted by molar-refractivity contribution is 5.14. The average molecular weight is 275 g/mol. The molecule has 3 nitrogen and oxygen atoms in total. The summed E-state index contributed by atoms with van der Waals surface area (Å²) in [5.41, 5.74) is 1.33. The van der Waals surface area contributed by atoms with Gasteiger partial charge in [0.15, 0.2) is 0 Å². The lowest BCUT2D eigenvalue weighted by Gasteiger charge is -2.21. The van der Waals surface area contributed by atoms with Crippen LogP contribution in [0.4, 0.5) is 0 Å². The van der Waals surface area contributed by atoms with Gasteiger partial charge in [0, 0.05) is 13.2 Å². The lowest BCUT2D eigenvalue weighted by Crippen LogP contribution is -2.25. The van der Waals surface area contributed by atoms with E-state index in [0.717, 1.165) is 45.6 Å². The Balaban J connectivity index is 1.45. The molecule has 0 aliphatic carbocycles. The summed E-state index contributed by atoms with van der Waals surface area (Å²) < 4.78 is 11.1. The van der Waals surface area contributed by atoms with Gasteiger partial charge in [0.2, 0.25) is 0 Å². The van der Waals surface area contributed by atoms with E-state index in [-0.39, 0.29) is 0 Å². The van der Waals surface area contributed by atoms with E-state index in [4.69, 9.17) is 9.47 Å². The SMILES string of the molecule is C(=CCOC1CCCOC1)CCNCc1ccccc1. The Kier molecular flexibility index (Phi) is 7.39. The van der Waals surface area contributed by atoms with Gasteiger partial charge in [0.25, 0.3) is 0 Å².